The maximum absolute atomic E-state index is 14.7. The number of nitrogens with zero attached hydrogens (tertiary/aromatic N) is 2. The molecule has 6 atom stereocenters. The summed E-state index contributed by atoms with van der Waals surface area (Å²) in [5, 5.41) is 12.6. The van der Waals surface area contributed by atoms with Crippen molar-refractivity contribution in [3.05, 3.63) is 89.5 Å². The van der Waals surface area contributed by atoms with E-state index >= 15 is 0 Å². The number of anilines is 1. The van der Waals surface area contributed by atoms with Crippen LogP contribution < -0.4 is 10.2 Å². The number of fused-ring (bicyclic) bond motifs is 2. The number of aryl methyl sites for hydroxylation is 2. The fourth-order valence-corrected chi connectivity index (χ4v) is 7.32. The van der Waals surface area contributed by atoms with E-state index in [1.807, 2.05) is 68.5 Å². The number of aliphatic hydroxyl groups is 1. The summed E-state index contributed by atoms with van der Waals surface area (Å²) in [6.07, 6.45) is 6.40. The molecule has 4 heterocycles. The van der Waals surface area contributed by atoms with E-state index in [1.165, 1.54) is 4.90 Å². The molecule has 2 fully saturated rings. The van der Waals surface area contributed by atoms with Crippen LogP contribution in [-0.2, 0) is 28.7 Å². The van der Waals surface area contributed by atoms with Crippen LogP contribution in [0.2, 0.25) is 0 Å². The highest BCUT2D eigenvalue weighted by atomic mass is 16.6. The Morgan fingerprint density at radius 2 is 1.73 bits per heavy atom. The molecule has 0 aromatic heterocycles. The molecule has 6 rings (SSSR count). The fourth-order valence-electron chi connectivity index (χ4n) is 7.32. The van der Waals surface area contributed by atoms with Crippen LogP contribution in [0.15, 0.2) is 72.8 Å². The van der Waals surface area contributed by atoms with Crippen molar-refractivity contribution in [1.82, 2.24) is 10.2 Å². The first-order valence-electron chi connectivity index (χ1n) is 15.6. The average molecular weight is 614 g/mol. The van der Waals surface area contributed by atoms with Gasteiger partial charge in [0.25, 0.3) is 5.91 Å². The molecule has 1 spiro atoms. The maximum Gasteiger partial charge on any atom is 0.313 e. The van der Waals surface area contributed by atoms with E-state index in [4.69, 9.17) is 9.47 Å². The van der Waals surface area contributed by atoms with Gasteiger partial charge in [0.2, 0.25) is 11.8 Å². The molecule has 2 N–H and O–H groups in total. The molecule has 0 aliphatic carbocycles. The van der Waals surface area contributed by atoms with Crippen molar-refractivity contribution in [3.63, 3.8) is 0 Å². The van der Waals surface area contributed by atoms with Crippen LogP contribution in [0.1, 0.15) is 42.1 Å². The van der Waals surface area contributed by atoms with Crippen molar-refractivity contribution < 1.29 is 33.8 Å². The van der Waals surface area contributed by atoms with Crippen LogP contribution in [0.25, 0.3) is 0 Å². The van der Waals surface area contributed by atoms with Gasteiger partial charge in [-0.2, -0.15) is 0 Å². The minimum atomic E-state index is -1.44. The number of hydrogen-bond donors (Lipinski definition) is 2. The van der Waals surface area contributed by atoms with Gasteiger partial charge in [-0.3, -0.25) is 19.2 Å². The van der Waals surface area contributed by atoms with E-state index in [1.54, 1.807) is 23.1 Å². The number of carbonyl (C=O) groups excluding carboxylic acids is 4. The van der Waals surface area contributed by atoms with Gasteiger partial charge in [0, 0.05) is 31.8 Å². The molecule has 3 amide bonds. The van der Waals surface area contributed by atoms with Crippen molar-refractivity contribution in [3.8, 4) is 0 Å². The summed E-state index contributed by atoms with van der Waals surface area (Å²) in [5.74, 6) is -3.57. The van der Waals surface area contributed by atoms with Crippen LogP contribution in [-0.4, -0.2) is 77.7 Å². The number of para-hydroxylation sites is 1. The van der Waals surface area contributed by atoms with Crippen LogP contribution in [0.4, 0.5) is 5.69 Å². The van der Waals surface area contributed by atoms with Gasteiger partial charge in [-0.1, -0.05) is 72.8 Å². The van der Waals surface area contributed by atoms with E-state index < -0.39 is 41.7 Å². The van der Waals surface area contributed by atoms with Gasteiger partial charge < -0.3 is 29.7 Å². The molecule has 0 unspecified atom stereocenters. The zero-order valence-corrected chi connectivity index (χ0v) is 25.6. The summed E-state index contributed by atoms with van der Waals surface area (Å²) >= 11 is 0. The molecule has 45 heavy (non-hydrogen) atoms. The topological polar surface area (TPSA) is 125 Å². The predicted octanol–water partition coefficient (Wildman–Crippen LogP) is 2.92. The first kappa shape index (κ1) is 30.7. The Kier molecular flexibility index (Phi) is 8.61. The third kappa shape index (κ3) is 5.46. The van der Waals surface area contributed by atoms with Crippen molar-refractivity contribution in [2.75, 3.05) is 31.1 Å². The van der Waals surface area contributed by atoms with Gasteiger partial charge in [0.15, 0.2) is 0 Å². The smallest absolute Gasteiger partial charge is 0.313 e. The normalized spacial score (nSPS) is 30.8. The molecule has 10 heteroatoms. The lowest BCUT2D eigenvalue weighted by molar-refractivity contribution is -0.159. The number of carbonyl (C=O) groups is 4. The van der Waals surface area contributed by atoms with Crippen LogP contribution in [0.5, 0.6) is 0 Å². The monoisotopic (exact) mass is 613 g/mol. The summed E-state index contributed by atoms with van der Waals surface area (Å²) < 4.78 is 12.9. The minimum Gasteiger partial charge on any atom is -0.455 e. The second kappa shape index (κ2) is 12.6. The molecule has 0 radical (unpaired) electrons. The first-order chi connectivity index (χ1) is 21.8. The van der Waals surface area contributed by atoms with Crippen molar-refractivity contribution >= 4 is 29.4 Å². The number of amides is 3. The SMILES string of the molecule is Cc1cccc(C)c1N1CC=C[C@]23O[C@@H]4/C=C\CCC(=O)NC[C@@H](c5ccccc5)OC(=O)[C@@H]4[C@H]2C(=O)N(CCCO)[C@@H]3C1=O. The molecule has 236 valence electrons. The number of likely N-dealkylation sites (tertiary alicyclic amines) is 1. The minimum absolute atomic E-state index is 0.0781. The molecule has 2 aromatic carbocycles. The molecule has 0 bridgehead atoms. The highest BCUT2D eigenvalue weighted by Gasteiger charge is 2.71. The second-order valence-electron chi connectivity index (χ2n) is 12.1. The summed E-state index contributed by atoms with van der Waals surface area (Å²) in [7, 11) is 0. The Balaban J connectivity index is 1.44. The number of esters is 1. The van der Waals surface area contributed by atoms with Gasteiger partial charge in [0.1, 0.15) is 23.7 Å². The van der Waals surface area contributed by atoms with Crippen LogP contribution >= 0.6 is 0 Å². The van der Waals surface area contributed by atoms with Crippen LogP contribution in [0, 0.1) is 25.7 Å². The maximum atomic E-state index is 14.7. The fraction of sp³-hybridized carbons (Fsp3) is 0.429. The second-order valence-corrected chi connectivity index (χ2v) is 12.1. The third-order valence-electron chi connectivity index (χ3n) is 9.31. The summed E-state index contributed by atoms with van der Waals surface area (Å²) in [5.41, 5.74) is 1.88. The summed E-state index contributed by atoms with van der Waals surface area (Å²) in [6.45, 7) is 4.19. The Bertz CT molecular complexity index is 1520. The van der Waals surface area contributed by atoms with Crippen LogP contribution in [0.3, 0.4) is 0 Å². The lowest BCUT2D eigenvalue weighted by Crippen LogP contribution is -2.55. The predicted molar refractivity (Wildman–Crippen MR) is 166 cm³/mol. The van der Waals surface area contributed by atoms with E-state index in [-0.39, 0.29) is 56.8 Å². The van der Waals surface area contributed by atoms with Crippen molar-refractivity contribution in [2.24, 2.45) is 11.8 Å². The Morgan fingerprint density at radius 3 is 2.47 bits per heavy atom. The van der Waals surface area contributed by atoms with Gasteiger partial charge in [-0.15, -0.1) is 0 Å². The molecular formula is C35H39N3O7. The van der Waals surface area contributed by atoms with E-state index in [0.29, 0.717) is 12.0 Å². The zero-order chi connectivity index (χ0) is 31.7. The third-order valence-corrected chi connectivity index (χ3v) is 9.31. The standard InChI is InChI=1S/C35H39N3O7/c1-22-11-8-12-23(2)30(22)37-18-9-17-35-29(32(41)38(19-10-20-39)31(35)33(37)42)28-25(45-35)15-6-7-16-27(40)36-21-26(44-34(28)43)24-13-4-3-5-14-24/h3-6,8-9,11-15,17,25-26,28-29,31,39H,7,10,16,18-21H2,1-2H3,(H,36,40)/b15-6-/t25-,26+,28+,29+,31-,35+/m1/s1. The molecule has 2 aromatic rings. The highest BCUT2D eigenvalue weighted by Crippen LogP contribution is 2.53. The Morgan fingerprint density at radius 1 is 0.978 bits per heavy atom. The number of nitrogens with one attached hydrogen (secondary N) is 1. The van der Waals surface area contributed by atoms with Gasteiger partial charge in [-0.05, 0) is 43.4 Å². The number of cyclic esters (lactones) is 1. The van der Waals surface area contributed by atoms with E-state index in [2.05, 4.69) is 5.32 Å². The van der Waals surface area contributed by atoms with E-state index in [0.717, 1.165) is 16.8 Å². The van der Waals surface area contributed by atoms with Gasteiger partial charge in [0.05, 0.1) is 18.6 Å². The molecule has 4 aliphatic rings. The number of allylic oxidation sites excluding steroid dienone is 1. The molecule has 0 saturated carbocycles. The van der Waals surface area contributed by atoms with Crippen molar-refractivity contribution in [1.29, 1.82) is 0 Å². The summed E-state index contributed by atoms with van der Waals surface area (Å²) in [6, 6.07) is 13.9. The number of hydrogen-bond acceptors (Lipinski definition) is 7. The number of benzene rings is 2. The Hall–Kier alpha value is -4.28. The van der Waals surface area contributed by atoms with E-state index in [9.17, 15) is 24.3 Å². The molecule has 2 saturated heterocycles. The quantitative estimate of drug-likeness (QED) is 0.393. The number of ether oxygens (including phenoxy) is 2. The van der Waals surface area contributed by atoms with Gasteiger partial charge >= 0.3 is 5.97 Å². The lowest BCUT2D eigenvalue weighted by atomic mass is 9.77. The molecule has 10 nitrogen and oxygen atoms in total. The number of aliphatic hydroxyl groups excluding tert-OH is 1. The average Bonchev–Trinajstić information content (AvgIpc) is 3.41. The number of rotatable bonds is 5. The highest BCUT2D eigenvalue weighted by molar-refractivity contribution is 6.06. The lowest BCUT2D eigenvalue weighted by Gasteiger charge is -2.36. The first-order valence-corrected chi connectivity index (χ1v) is 15.6. The Labute approximate surface area is 262 Å². The molecular weight excluding hydrogens is 574 g/mol. The largest absolute Gasteiger partial charge is 0.455 e. The van der Waals surface area contributed by atoms with Gasteiger partial charge in [-0.25, -0.2) is 0 Å². The summed E-state index contributed by atoms with van der Waals surface area (Å²) in [4.78, 5) is 59.0. The van der Waals surface area contributed by atoms with Crippen molar-refractivity contribution in [2.45, 2.75) is 57.0 Å². The zero-order valence-electron chi connectivity index (χ0n) is 25.6. The molecule has 4 aliphatic heterocycles.